The Labute approximate surface area is 100 Å². The van der Waals surface area contributed by atoms with Crippen LogP contribution in [0.1, 0.15) is 23.8 Å². The van der Waals surface area contributed by atoms with Crippen LogP contribution in [0.5, 0.6) is 0 Å². The third-order valence-corrected chi connectivity index (χ3v) is 3.05. The van der Waals surface area contributed by atoms with Crippen molar-refractivity contribution in [2.24, 2.45) is 0 Å². The molecule has 92 valence electrons. The zero-order valence-electron chi connectivity index (χ0n) is 9.98. The van der Waals surface area contributed by atoms with Crippen LogP contribution in [-0.2, 0) is 4.79 Å². The number of nitrogens with zero attached hydrogens (tertiary/aromatic N) is 2. The van der Waals surface area contributed by atoms with E-state index in [0.717, 1.165) is 0 Å². The maximum atomic E-state index is 12.0. The highest BCUT2D eigenvalue weighted by atomic mass is 16.2. The second-order valence-corrected chi connectivity index (χ2v) is 4.11. The molecular formula is C12H17N3O2. The number of H-pyrrole nitrogens is 1. The van der Waals surface area contributed by atoms with Crippen LogP contribution in [0.3, 0.4) is 0 Å². The number of carbonyl (C=O) groups excluding carboxylic acids is 2. The number of hydrogen-bond acceptors (Lipinski definition) is 2. The maximum absolute atomic E-state index is 12.0. The minimum absolute atomic E-state index is 0.0126. The summed E-state index contributed by atoms with van der Waals surface area (Å²) in [5, 5.41) is 0. The Kier molecular flexibility index (Phi) is 3.46. The van der Waals surface area contributed by atoms with E-state index in [4.69, 9.17) is 0 Å². The number of amides is 2. The molecule has 5 nitrogen and oxygen atoms in total. The molecule has 1 aliphatic heterocycles. The normalized spacial score (nSPS) is 16.1. The molecule has 0 spiro atoms. The standard InChI is InChI=1S/C12H17N3O2/c1-2-11(16)14-6-8-15(9-7-14)12(17)10-4-3-5-13-10/h3-5,13H,2,6-9H2,1H3. The van der Waals surface area contributed by atoms with Crippen molar-refractivity contribution in [1.82, 2.24) is 14.8 Å². The van der Waals surface area contributed by atoms with Crippen LogP contribution in [0.25, 0.3) is 0 Å². The SMILES string of the molecule is CCC(=O)N1CCN(C(=O)c2ccc[nH]2)CC1. The van der Waals surface area contributed by atoms with Gasteiger partial charge in [0.15, 0.2) is 0 Å². The van der Waals surface area contributed by atoms with Gasteiger partial charge in [0, 0.05) is 38.8 Å². The first-order valence-corrected chi connectivity index (χ1v) is 5.93. The van der Waals surface area contributed by atoms with Crippen LogP contribution < -0.4 is 0 Å². The third kappa shape index (κ3) is 2.49. The summed E-state index contributed by atoms with van der Waals surface area (Å²) in [7, 11) is 0. The first-order valence-electron chi connectivity index (χ1n) is 5.93. The van der Waals surface area contributed by atoms with E-state index in [1.165, 1.54) is 0 Å². The van der Waals surface area contributed by atoms with E-state index in [1.807, 2.05) is 17.9 Å². The Hall–Kier alpha value is -1.78. The summed E-state index contributed by atoms with van der Waals surface area (Å²) in [6.07, 6.45) is 2.27. The van der Waals surface area contributed by atoms with Crippen molar-refractivity contribution in [2.45, 2.75) is 13.3 Å². The number of nitrogens with one attached hydrogen (secondary N) is 1. The van der Waals surface area contributed by atoms with E-state index < -0.39 is 0 Å². The van der Waals surface area contributed by atoms with Crippen molar-refractivity contribution in [3.05, 3.63) is 24.0 Å². The van der Waals surface area contributed by atoms with Crippen molar-refractivity contribution in [1.29, 1.82) is 0 Å². The molecule has 2 heterocycles. The molecule has 5 heteroatoms. The molecule has 1 fully saturated rings. The van der Waals surface area contributed by atoms with E-state index in [0.29, 0.717) is 38.3 Å². The number of aromatic amines is 1. The van der Waals surface area contributed by atoms with Crippen molar-refractivity contribution in [2.75, 3.05) is 26.2 Å². The summed E-state index contributed by atoms with van der Waals surface area (Å²) >= 11 is 0. The number of piperazine rings is 1. The largest absolute Gasteiger partial charge is 0.357 e. The van der Waals surface area contributed by atoms with Gasteiger partial charge >= 0.3 is 0 Å². The monoisotopic (exact) mass is 235 g/mol. The highest BCUT2D eigenvalue weighted by Crippen LogP contribution is 2.08. The van der Waals surface area contributed by atoms with Gasteiger partial charge in [-0.3, -0.25) is 9.59 Å². The zero-order valence-corrected chi connectivity index (χ0v) is 9.98. The van der Waals surface area contributed by atoms with Gasteiger partial charge in [-0.1, -0.05) is 6.92 Å². The fraction of sp³-hybridized carbons (Fsp3) is 0.500. The molecule has 0 saturated carbocycles. The molecule has 0 unspecified atom stereocenters. The van der Waals surface area contributed by atoms with Gasteiger partial charge in [0.25, 0.3) is 5.91 Å². The maximum Gasteiger partial charge on any atom is 0.270 e. The van der Waals surface area contributed by atoms with Crippen LogP contribution in [0, 0.1) is 0 Å². The predicted molar refractivity (Wildman–Crippen MR) is 63.6 cm³/mol. The van der Waals surface area contributed by atoms with Crippen molar-refractivity contribution in [3.63, 3.8) is 0 Å². The average molecular weight is 235 g/mol. The first kappa shape index (κ1) is 11.7. The zero-order chi connectivity index (χ0) is 12.3. The highest BCUT2D eigenvalue weighted by molar-refractivity contribution is 5.92. The van der Waals surface area contributed by atoms with Crippen LogP contribution >= 0.6 is 0 Å². The Morgan fingerprint density at radius 1 is 1.24 bits per heavy atom. The summed E-state index contributed by atoms with van der Waals surface area (Å²) < 4.78 is 0. The molecule has 1 N–H and O–H groups in total. The van der Waals surface area contributed by atoms with Crippen molar-refractivity contribution < 1.29 is 9.59 Å². The van der Waals surface area contributed by atoms with E-state index in [1.54, 1.807) is 17.2 Å². The lowest BCUT2D eigenvalue weighted by Gasteiger charge is -2.34. The van der Waals surface area contributed by atoms with Crippen molar-refractivity contribution in [3.8, 4) is 0 Å². The van der Waals surface area contributed by atoms with E-state index in [-0.39, 0.29) is 11.8 Å². The van der Waals surface area contributed by atoms with Gasteiger partial charge in [-0.2, -0.15) is 0 Å². The lowest BCUT2D eigenvalue weighted by molar-refractivity contribution is -0.132. The number of carbonyl (C=O) groups is 2. The Balaban J connectivity index is 1.91. The van der Waals surface area contributed by atoms with Gasteiger partial charge in [0.1, 0.15) is 5.69 Å². The second-order valence-electron chi connectivity index (χ2n) is 4.11. The molecule has 1 saturated heterocycles. The molecule has 0 aromatic carbocycles. The molecule has 0 atom stereocenters. The topological polar surface area (TPSA) is 56.4 Å². The molecular weight excluding hydrogens is 218 g/mol. The molecule has 17 heavy (non-hydrogen) atoms. The molecule has 0 bridgehead atoms. The molecule has 1 aromatic rings. The quantitative estimate of drug-likeness (QED) is 0.820. The third-order valence-electron chi connectivity index (χ3n) is 3.05. The van der Waals surface area contributed by atoms with Crippen molar-refractivity contribution >= 4 is 11.8 Å². The Bertz CT molecular complexity index is 392. The molecule has 1 aromatic heterocycles. The lowest BCUT2D eigenvalue weighted by Crippen LogP contribution is -2.50. The van der Waals surface area contributed by atoms with Gasteiger partial charge in [0.05, 0.1) is 0 Å². The Morgan fingerprint density at radius 2 is 1.88 bits per heavy atom. The van der Waals surface area contributed by atoms with Crippen LogP contribution in [-0.4, -0.2) is 52.8 Å². The van der Waals surface area contributed by atoms with Gasteiger partial charge in [-0.15, -0.1) is 0 Å². The van der Waals surface area contributed by atoms with Crippen LogP contribution in [0.2, 0.25) is 0 Å². The summed E-state index contributed by atoms with van der Waals surface area (Å²) in [4.78, 5) is 30.0. The van der Waals surface area contributed by atoms with Crippen LogP contribution in [0.4, 0.5) is 0 Å². The molecule has 1 aliphatic rings. The van der Waals surface area contributed by atoms with Gasteiger partial charge in [-0.25, -0.2) is 0 Å². The smallest absolute Gasteiger partial charge is 0.270 e. The number of rotatable bonds is 2. The summed E-state index contributed by atoms with van der Waals surface area (Å²) in [6, 6.07) is 3.58. The first-order chi connectivity index (χ1) is 8.22. The van der Waals surface area contributed by atoms with E-state index in [9.17, 15) is 9.59 Å². The van der Waals surface area contributed by atoms with Crippen LogP contribution in [0.15, 0.2) is 18.3 Å². The molecule has 0 aliphatic carbocycles. The highest BCUT2D eigenvalue weighted by Gasteiger charge is 2.24. The van der Waals surface area contributed by atoms with Gasteiger partial charge in [0.2, 0.25) is 5.91 Å². The van der Waals surface area contributed by atoms with E-state index in [2.05, 4.69) is 4.98 Å². The fourth-order valence-corrected chi connectivity index (χ4v) is 2.02. The number of aromatic nitrogens is 1. The Morgan fingerprint density at radius 3 is 2.41 bits per heavy atom. The second kappa shape index (κ2) is 5.03. The number of hydrogen-bond donors (Lipinski definition) is 1. The fourth-order valence-electron chi connectivity index (χ4n) is 2.02. The lowest BCUT2D eigenvalue weighted by atomic mass is 10.2. The van der Waals surface area contributed by atoms with E-state index >= 15 is 0 Å². The summed E-state index contributed by atoms with van der Waals surface area (Å²) in [5.74, 6) is 0.176. The summed E-state index contributed by atoms with van der Waals surface area (Å²) in [5.41, 5.74) is 0.611. The molecule has 0 radical (unpaired) electrons. The van der Waals surface area contributed by atoms with Gasteiger partial charge < -0.3 is 14.8 Å². The molecule has 2 amide bonds. The summed E-state index contributed by atoms with van der Waals surface area (Å²) in [6.45, 7) is 4.37. The van der Waals surface area contributed by atoms with Gasteiger partial charge in [-0.05, 0) is 12.1 Å². The predicted octanol–water partition coefficient (Wildman–Crippen LogP) is 0.709. The average Bonchev–Trinajstić information content (AvgIpc) is 2.91. The molecule has 2 rings (SSSR count). The minimum Gasteiger partial charge on any atom is -0.357 e. The minimum atomic E-state index is 0.0126.